The van der Waals surface area contributed by atoms with Crippen LogP contribution in [0.4, 0.5) is 11.4 Å². The number of nitrogens with zero attached hydrogens (tertiary/aromatic N) is 1. The Hall–Kier alpha value is -2.08. The number of rotatable bonds is 7. The van der Waals surface area contributed by atoms with E-state index in [1.165, 1.54) is 12.8 Å². The minimum Gasteiger partial charge on any atom is -0.371 e. The Morgan fingerprint density at radius 3 is 2.52 bits per heavy atom. The molecule has 138 valence electrons. The highest BCUT2D eigenvalue weighted by atomic mass is 16.2. The number of carbonyl (C=O) groups excluding carboxylic acids is 2. The van der Waals surface area contributed by atoms with Crippen LogP contribution in [0.15, 0.2) is 24.3 Å². The van der Waals surface area contributed by atoms with Gasteiger partial charge in [0, 0.05) is 36.9 Å². The first-order valence-corrected chi connectivity index (χ1v) is 9.07. The van der Waals surface area contributed by atoms with Crippen molar-refractivity contribution in [1.82, 2.24) is 5.32 Å². The summed E-state index contributed by atoms with van der Waals surface area (Å²) in [6.45, 7) is 7.74. The van der Waals surface area contributed by atoms with Crippen molar-refractivity contribution in [2.24, 2.45) is 11.7 Å². The van der Waals surface area contributed by atoms with Crippen LogP contribution >= 0.6 is 0 Å². The van der Waals surface area contributed by atoms with Gasteiger partial charge in [0.25, 0.3) is 0 Å². The van der Waals surface area contributed by atoms with E-state index < -0.39 is 6.04 Å². The molecule has 1 heterocycles. The molecule has 2 amide bonds. The van der Waals surface area contributed by atoms with Gasteiger partial charge in [-0.05, 0) is 43.9 Å². The van der Waals surface area contributed by atoms with Crippen molar-refractivity contribution in [1.29, 1.82) is 0 Å². The van der Waals surface area contributed by atoms with Crippen LogP contribution < -0.4 is 21.3 Å². The van der Waals surface area contributed by atoms with Crippen molar-refractivity contribution in [2.75, 3.05) is 23.3 Å². The first-order valence-electron chi connectivity index (χ1n) is 9.07. The zero-order valence-electron chi connectivity index (χ0n) is 15.4. The summed E-state index contributed by atoms with van der Waals surface area (Å²) in [5, 5.41) is 5.71. The summed E-state index contributed by atoms with van der Waals surface area (Å²) < 4.78 is 0. The van der Waals surface area contributed by atoms with Gasteiger partial charge in [-0.3, -0.25) is 9.59 Å². The zero-order chi connectivity index (χ0) is 18.4. The molecule has 0 bridgehead atoms. The van der Waals surface area contributed by atoms with Crippen LogP contribution in [0, 0.1) is 5.92 Å². The van der Waals surface area contributed by atoms with E-state index in [0.29, 0.717) is 0 Å². The summed E-state index contributed by atoms with van der Waals surface area (Å²) in [5.41, 5.74) is 7.74. The van der Waals surface area contributed by atoms with Gasteiger partial charge in [-0.15, -0.1) is 0 Å². The van der Waals surface area contributed by atoms with E-state index in [9.17, 15) is 9.59 Å². The normalized spacial score (nSPS) is 16.6. The summed E-state index contributed by atoms with van der Waals surface area (Å²) in [6, 6.07) is 7.09. The molecule has 1 saturated heterocycles. The smallest absolute Gasteiger partial charge is 0.237 e. The number of amides is 2. The van der Waals surface area contributed by atoms with Crippen LogP contribution in [0.2, 0.25) is 0 Å². The van der Waals surface area contributed by atoms with E-state index >= 15 is 0 Å². The third-order valence-corrected chi connectivity index (χ3v) is 4.50. The van der Waals surface area contributed by atoms with Gasteiger partial charge < -0.3 is 21.3 Å². The van der Waals surface area contributed by atoms with E-state index in [4.69, 9.17) is 5.73 Å². The van der Waals surface area contributed by atoms with Crippen molar-refractivity contribution in [2.45, 2.75) is 52.1 Å². The van der Waals surface area contributed by atoms with Gasteiger partial charge in [-0.1, -0.05) is 19.9 Å². The molecule has 0 aromatic heterocycles. The number of nitrogens with one attached hydrogen (secondary N) is 2. The van der Waals surface area contributed by atoms with Crippen molar-refractivity contribution >= 4 is 23.2 Å². The van der Waals surface area contributed by atoms with Gasteiger partial charge >= 0.3 is 0 Å². The number of anilines is 2. The Bertz CT molecular complexity index is 597. The minimum atomic E-state index is -0.553. The zero-order valence-corrected chi connectivity index (χ0v) is 15.4. The molecule has 1 fully saturated rings. The molecule has 0 saturated carbocycles. The molecule has 6 heteroatoms. The van der Waals surface area contributed by atoms with Crippen molar-refractivity contribution in [3.8, 4) is 0 Å². The van der Waals surface area contributed by atoms with Crippen LogP contribution in [0.5, 0.6) is 0 Å². The first-order chi connectivity index (χ1) is 11.9. The molecular formula is C19H30N4O2. The monoisotopic (exact) mass is 346 g/mol. The fraction of sp³-hybridized carbons (Fsp3) is 0.579. The third-order valence-electron chi connectivity index (χ3n) is 4.50. The fourth-order valence-electron chi connectivity index (χ4n) is 2.94. The molecule has 1 aromatic rings. The van der Waals surface area contributed by atoms with E-state index in [1.807, 2.05) is 39.0 Å². The van der Waals surface area contributed by atoms with Gasteiger partial charge in [0.15, 0.2) is 0 Å². The molecule has 1 aliphatic heterocycles. The molecule has 2 rings (SSSR count). The summed E-state index contributed by atoms with van der Waals surface area (Å²) >= 11 is 0. The quantitative estimate of drug-likeness (QED) is 0.705. The SMILES string of the molecule is CC(CC(=O)Nc1cccc(N2CCCC2)c1)NC(=O)[C@@H](N)C(C)C. The summed E-state index contributed by atoms with van der Waals surface area (Å²) in [7, 11) is 0. The van der Waals surface area contributed by atoms with Crippen molar-refractivity contribution in [3.05, 3.63) is 24.3 Å². The molecule has 4 N–H and O–H groups in total. The largest absolute Gasteiger partial charge is 0.371 e. The summed E-state index contributed by atoms with van der Waals surface area (Å²) in [4.78, 5) is 26.5. The van der Waals surface area contributed by atoms with Crippen LogP contribution in [0.1, 0.15) is 40.0 Å². The summed E-state index contributed by atoms with van der Waals surface area (Å²) in [5.74, 6) is -0.273. The fourth-order valence-corrected chi connectivity index (χ4v) is 2.94. The lowest BCUT2D eigenvalue weighted by Gasteiger charge is -2.20. The lowest BCUT2D eigenvalue weighted by atomic mass is 10.0. The molecule has 2 atom stereocenters. The van der Waals surface area contributed by atoms with Crippen LogP contribution in [-0.2, 0) is 9.59 Å². The lowest BCUT2D eigenvalue weighted by molar-refractivity contribution is -0.124. The van der Waals surface area contributed by atoms with E-state index in [2.05, 4.69) is 21.6 Å². The molecular weight excluding hydrogens is 316 g/mol. The van der Waals surface area contributed by atoms with Gasteiger partial charge in [0.2, 0.25) is 11.8 Å². The van der Waals surface area contributed by atoms with Crippen LogP contribution in [0.25, 0.3) is 0 Å². The predicted molar refractivity (Wildman–Crippen MR) is 102 cm³/mol. The standard InChI is InChI=1S/C19H30N4O2/c1-13(2)18(20)19(25)21-14(3)11-17(24)22-15-7-6-8-16(12-15)23-9-4-5-10-23/h6-8,12-14,18H,4-5,9-11,20H2,1-3H3,(H,21,25)(H,22,24)/t14?,18-/m0/s1. The second-order valence-corrected chi connectivity index (χ2v) is 7.18. The van der Waals surface area contributed by atoms with Crippen LogP contribution in [0.3, 0.4) is 0 Å². The van der Waals surface area contributed by atoms with Gasteiger partial charge in [-0.25, -0.2) is 0 Å². The predicted octanol–water partition coefficient (Wildman–Crippen LogP) is 2.10. The van der Waals surface area contributed by atoms with Crippen molar-refractivity contribution < 1.29 is 9.59 Å². The number of hydrogen-bond donors (Lipinski definition) is 3. The maximum atomic E-state index is 12.2. The van der Waals surface area contributed by atoms with E-state index in [1.54, 1.807) is 0 Å². The average molecular weight is 346 g/mol. The molecule has 1 unspecified atom stereocenters. The highest BCUT2D eigenvalue weighted by Crippen LogP contribution is 2.23. The highest BCUT2D eigenvalue weighted by molar-refractivity contribution is 5.92. The Balaban J connectivity index is 1.85. The van der Waals surface area contributed by atoms with Gasteiger partial charge in [-0.2, -0.15) is 0 Å². The Kier molecular flexibility index (Phi) is 6.82. The van der Waals surface area contributed by atoms with Gasteiger partial charge in [0.05, 0.1) is 6.04 Å². The molecule has 1 aliphatic rings. The average Bonchev–Trinajstić information content (AvgIpc) is 3.08. The molecule has 0 radical (unpaired) electrons. The maximum Gasteiger partial charge on any atom is 0.237 e. The molecule has 0 spiro atoms. The second kappa shape index (κ2) is 8.85. The summed E-state index contributed by atoms with van der Waals surface area (Å²) in [6.07, 6.45) is 2.64. The maximum absolute atomic E-state index is 12.2. The molecule has 25 heavy (non-hydrogen) atoms. The highest BCUT2D eigenvalue weighted by Gasteiger charge is 2.20. The number of nitrogens with two attached hydrogens (primary N) is 1. The van der Waals surface area contributed by atoms with E-state index in [0.717, 1.165) is 24.5 Å². The lowest BCUT2D eigenvalue weighted by Crippen LogP contribution is -2.47. The molecule has 6 nitrogen and oxygen atoms in total. The number of carbonyl (C=O) groups is 2. The van der Waals surface area contributed by atoms with E-state index in [-0.39, 0.29) is 30.2 Å². The second-order valence-electron chi connectivity index (χ2n) is 7.18. The third kappa shape index (κ3) is 5.74. The van der Waals surface area contributed by atoms with Crippen LogP contribution in [-0.4, -0.2) is 37.0 Å². The van der Waals surface area contributed by atoms with Crippen molar-refractivity contribution in [3.63, 3.8) is 0 Å². The topological polar surface area (TPSA) is 87.5 Å². The molecule has 1 aromatic carbocycles. The number of benzene rings is 1. The molecule has 0 aliphatic carbocycles. The first kappa shape index (κ1) is 19.2. The Labute approximate surface area is 150 Å². The Morgan fingerprint density at radius 2 is 1.88 bits per heavy atom. The van der Waals surface area contributed by atoms with Gasteiger partial charge in [0.1, 0.15) is 0 Å². The number of hydrogen-bond acceptors (Lipinski definition) is 4. The Morgan fingerprint density at radius 1 is 1.20 bits per heavy atom. The minimum absolute atomic E-state index is 0.0642.